The van der Waals surface area contributed by atoms with Gasteiger partial charge in [-0.3, -0.25) is 25.0 Å². The predicted octanol–water partition coefficient (Wildman–Crippen LogP) is 0.490. The topological polar surface area (TPSA) is 101 Å². The van der Waals surface area contributed by atoms with E-state index >= 15 is 0 Å². The number of nitrogens with one attached hydrogen (secondary N) is 2. The van der Waals surface area contributed by atoms with Gasteiger partial charge in [-0.15, -0.1) is 0 Å². The van der Waals surface area contributed by atoms with E-state index in [1.54, 1.807) is 18.2 Å². The molecule has 2 N–H and O–H groups in total. The highest BCUT2D eigenvalue weighted by atomic mass is 16.6. The Labute approximate surface area is 109 Å². The van der Waals surface area contributed by atoms with Crippen LogP contribution < -0.4 is 10.6 Å². The second-order valence-corrected chi connectivity index (χ2v) is 4.27. The van der Waals surface area contributed by atoms with Gasteiger partial charge in [-0.05, 0) is 6.42 Å². The Morgan fingerprint density at radius 1 is 1.37 bits per heavy atom. The number of amides is 2. The summed E-state index contributed by atoms with van der Waals surface area (Å²) in [6.45, 7) is 0.212. The molecule has 1 aromatic rings. The third-order valence-corrected chi connectivity index (χ3v) is 2.97. The highest BCUT2D eigenvalue weighted by Gasteiger charge is 2.26. The Morgan fingerprint density at radius 3 is 2.79 bits per heavy atom. The van der Waals surface area contributed by atoms with Crippen molar-refractivity contribution in [2.24, 2.45) is 0 Å². The average molecular weight is 263 g/mol. The molecule has 0 saturated carbocycles. The predicted molar refractivity (Wildman–Crippen MR) is 66.1 cm³/mol. The zero-order chi connectivity index (χ0) is 13.8. The maximum Gasteiger partial charge on any atom is 0.273 e. The molecule has 2 amide bonds. The summed E-state index contributed by atoms with van der Waals surface area (Å²) in [7, 11) is 0. The van der Waals surface area contributed by atoms with Gasteiger partial charge in [0.1, 0.15) is 0 Å². The molecule has 1 aliphatic rings. The van der Waals surface area contributed by atoms with Gasteiger partial charge in [0, 0.05) is 24.6 Å². The molecule has 0 radical (unpaired) electrons. The molecule has 1 fully saturated rings. The summed E-state index contributed by atoms with van der Waals surface area (Å²) in [5.41, 5.74) is 0.527. The largest absolute Gasteiger partial charge is 0.301 e. The number of nitro groups is 1. The fraction of sp³-hybridized carbons (Fsp3) is 0.333. The number of nitrogens with zero attached hydrogens (tertiary/aromatic N) is 1. The summed E-state index contributed by atoms with van der Waals surface area (Å²) in [5, 5.41) is 16.0. The summed E-state index contributed by atoms with van der Waals surface area (Å²) >= 11 is 0. The summed E-state index contributed by atoms with van der Waals surface area (Å²) in [5.74, 6) is -0.663. The minimum absolute atomic E-state index is 0.0160. The molecule has 0 spiro atoms. The van der Waals surface area contributed by atoms with Crippen LogP contribution in [0.2, 0.25) is 0 Å². The van der Waals surface area contributed by atoms with Gasteiger partial charge >= 0.3 is 0 Å². The molecule has 0 aromatic heterocycles. The molecule has 2 rings (SSSR count). The van der Waals surface area contributed by atoms with Crippen molar-refractivity contribution in [1.82, 2.24) is 10.6 Å². The van der Waals surface area contributed by atoms with Crippen LogP contribution in [0.1, 0.15) is 18.4 Å². The average Bonchev–Trinajstić information content (AvgIpc) is 2.38. The Bertz CT molecular complexity index is 529. The molecule has 0 aliphatic carbocycles. The van der Waals surface area contributed by atoms with Crippen LogP contribution in [0.25, 0.3) is 0 Å². The molecular formula is C12H13N3O4. The number of hydrogen-bond donors (Lipinski definition) is 2. The second kappa shape index (κ2) is 5.57. The van der Waals surface area contributed by atoms with E-state index < -0.39 is 11.0 Å². The van der Waals surface area contributed by atoms with E-state index in [1.807, 2.05) is 0 Å². The number of piperidine rings is 1. The minimum atomic E-state index is -0.488. The van der Waals surface area contributed by atoms with E-state index in [4.69, 9.17) is 0 Å². The van der Waals surface area contributed by atoms with E-state index in [0.29, 0.717) is 12.0 Å². The standard InChI is InChI=1S/C12H13N3O4/c16-11-6-5-9(12(17)14-11)13-7-8-3-1-2-4-10(8)15(18)19/h1-4,9,13H,5-7H2,(H,14,16,17). The van der Waals surface area contributed by atoms with Crippen LogP contribution in [-0.2, 0) is 16.1 Å². The SMILES string of the molecule is O=C1CCC(NCc2ccccc2[N+](=O)[O-])C(=O)N1. The van der Waals surface area contributed by atoms with Gasteiger partial charge in [0.2, 0.25) is 11.8 Å². The summed E-state index contributed by atoms with van der Waals surface area (Å²) in [6.07, 6.45) is 0.686. The van der Waals surface area contributed by atoms with Gasteiger partial charge < -0.3 is 5.32 Å². The number of para-hydroxylation sites is 1. The molecule has 1 saturated heterocycles. The minimum Gasteiger partial charge on any atom is -0.301 e. The molecule has 19 heavy (non-hydrogen) atoms. The zero-order valence-electron chi connectivity index (χ0n) is 10.1. The Kier molecular flexibility index (Phi) is 3.86. The van der Waals surface area contributed by atoms with Gasteiger partial charge in [0.15, 0.2) is 0 Å². The molecule has 1 aliphatic heterocycles. The third kappa shape index (κ3) is 3.14. The third-order valence-electron chi connectivity index (χ3n) is 2.97. The molecule has 1 aromatic carbocycles. The fourth-order valence-electron chi connectivity index (χ4n) is 1.96. The molecule has 7 heteroatoms. The first-order valence-corrected chi connectivity index (χ1v) is 5.87. The van der Waals surface area contributed by atoms with E-state index in [-0.39, 0.29) is 30.5 Å². The van der Waals surface area contributed by atoms with Gasteiger partial charge in [-0.25, -0.2) is 0 Å². The van der Waals surface area contributed by atoms with Gasteiger partial charge in [0.25, 0.3) is 5.69 Å². The maximum absolute atomic E-state index is 11.5. The van der Waals surface area contributed by atoms with E-state index in [2.05, 4.69) is 10.6 Å². The molecule has 1 heterocycles. The molecule has 1 atom stereocenters. The van der Waals surface area contributed by atoms with Gasteiger partial charge in [0.05, 0.1) is 11.0 Å². The second-order valence-electron chi connectivity index (χ2n) is 4.27. The lowest BCUT2D eigenvalue weighted by Gasteiger charge is -2.21. The van der Waals surface area contributed by atoms with Crippen molar-refractivity contribution in [2.45, 2.75) is 25.4 Å². The van der Waals surface area contributed by atoms with Crippen LogP contribution in [0.15, 0.2) is 24.3 Å². The number of benzene rings is 1. The highest BCUT2D eigenvalue weighted by Crippen LogP contribution is 2.17. The Morgan fingerprint density at radius 2 is 2.11 bits per heavy atom. The molecule has 1 unspecified atom stereocenters. The first-order chi connectivity index (χ1) is 9.08. The van der Waals surface area contributed by atoms with Crippen LogP contribution >= 0.6 is 0 Å². The van der Waals surface area contributed by atoms with Gasteiger partial charge in [-0.1, -0.05) is 18.2 Å². The molecular weight excluding hydrogens is 250 g/mol. The lowest BCUT2D eigenvalue weighted by Crippen LogP contribution is -2.50. The van der Waals surface area contributed by atoms with E-state index in [0.717, 1.165) is 0 Å². The smallest absolute Gasteiger partial charge is 0.273 e. The van der Waals surface area contributed by atoms with Crippen LogP contribution in [0.3, 0.4) is 0 Å². The summed E-state index contributed by atoms with van der Waals surface area (Å²) in [6, 6.07) is 5.86. The number of carbonyl (C=O) groups is 2. The Balaban J connectivity index is 2.01. The van der Waals surface area contributed by atoms with E-state index in [1.165, 1.54) is 6.07 Å². The summed E-state index contributed by atoms with van der Waals surface area (Å²) in [4.78, 5) is 32.9. The van der Waals surface area contributed by atoms with Crippen molar-refractivity contribution in [1.29, 1.82) is 0 Å². The maximum atomic E-state index is 11.5. The molecule has 100 valence electrons. The first-order valence-electron chi connectivity index (χ1n) is 5.87. The number of hydrogen-bond acceptors (Lipinski definition) is 5. The van der Waals surface area contributed by atoms with Crippen molar-refractivity contribution in [3.63, 3.8) is 0 Å². The number of rotatable bonds is 4. The number of imide groups is 1. The monoisotopic (exact) mass is 263 g/mol. The number of nitro benzene ring substituents is 1. The normalized spacial score (nSPS) is 19.1. The zero-order valence-corrected chi connectivity index (χ0v) is 10.1. The quantitative estimate of drug-likeness (QED) is 0.467. The molecule has 7 nitrogen and oxygen atoms in total. The van der Waals surface area contributed by atoms with Crippen LogP contribution in [0.5, 0.6) is 0 Å². The highest BCUT2D eigenvalue weighted by molar-refractivity contribution is 6.00. The molecule has 0 bridgehead atoms. The van der Waals surface area contributed by atoms with Crippen molar-refractivity contribution < 1.29 is 14.5 Å². The van der Waals surface area contributed by atoms with Crippen molar-refractivity contribution in [3.05, 3.63) is 39.9 Å². The van der Waals surface area contributed by atoms with Crippen LogP contribution in [0.4, 0.5) is 5.69 Å². The fourth-order valence-corrected chi connectivity index (χ4v) is 1.96. The Hall–Kier alpha value is -2.28. The van der Waals surface area contributed by atoms with Crippen molar-refractivity contribution in [2.75, 3.05) is 0 Å². The first kappa shape index (κ1) is 13.2. The van der Waals surface area contributed by atoms with Crippen molar-refractivity contribution >= 4 is 17.5 Å². The van der Waals surface area contributed by atoms with Crippen LogP contribution in [0, 0.1) is 10.1 Å². The lowest BCUT2D eigenvalue weighted by atomic mass is 10.1. The van der Waals surface area contributed by atoms with Crippen LogP contribution in [-0.4, -0.2) is 22.8 Å². The van der Waals surface area contributed by atoms with Crippen molar-refractivity contribution in [3.8, 4) is 0 Å². The lowest BCUT2D eigenvalue weighted by molar-refractivity contribution is -0.385. The van der Waals surface area contributed by atoms with E-state index in [9.17, 15) is 19.7 Å². The summed E-state index contributed by atoms with van der Waals surface area (Å²) < 4.78 is 0. The number of carbonyl (C=O) groups excluding carboxylic acids is 2. The van der Waals surface area contributed by atoms with Gasteiger partial charge in [-0.2, -0.15) is 0 Å².